The maximum Gasteiger partial charge on any atom is 0.163 e. The minimum Gasteiger partial charge on any atom is -0.388 e. The maximum absolute atomic E-state index is 13.2. The molecule has 4 aliphatic rings. The smallest absolute Gasteiger partial charge is 0.163 e. The van der Waals surface area contributed by atoms with E-state index in [1.54, 1.807) is 0 Å². The van der Waals surface area contributed by atoms with Crippen molar-refractivity contribution in [2.45, 2.75) is 70.3 Å². The van der Waals surface area contributed by atoms with Crippen molar-refractivity contribution in [2.24, 2.45) is 29.1 Å². The lowest BCUT2D eigenvalue weighted by atomic mass is 9.50. The third-order valence-corrected chi connectivity index (χ3v) is 9.83. The van der Waals surface area contributed by atoms with E-state index >= 15 is 0 Å². The maximum atomic E-state index is 13.2. The van der Waals surface area contributed by atoms with E-state index in [4.69, 9.17) is 0 Å². The zero-order valence-electron chi connectivity index (χ0n) is 19.7. The third kappa shape index (κ3) is 3.00. The summed E-state index contributed by atoms with van der Waals surface area (Å²) in [7, 11) is 4.10. The normalized spacial score (nSPS) is 38.5. The number of aliphatic hydroxyl groups is 1. The Kier molecular flexibility index (Phi) is 5.25. The molecule has 170 valence electrons. The van der Waals surface area contributed by atoms with Crippen molar-refractivity contribution in [3.63, 3.8) is 0 Å². The largest absolute Gasteiger partial charge is 0.388 e. The lowest BCUT2D eigenvalue weighted by Crippen LogP contribution is -2.52. The number of ketones is 1. The number of carbonyl (C=O) groups is 1. The van der Waals surface area contributed by atoms with Gasteiger partial charge in [0.2, 0.25) is 0 Å². The number of rotatable bonds is 3. The predicted molar refractivity (Wildman–Crippen MR) is 127 cm³/mol. The molecule has 1 N–H and O–H groups in total. The summed E-state index contributed by atoms with van der Waals surface area (Å²) in [5.41, 5.74) is 3.67. The molecule has 0 aromatic heterocycles. The van der Waals surface area contributed by atoms with Crippen LogP contribution in [0.2, 0.25) is 0 Å². The first kappa shape index (κ1) is 21.7. The molecule has 0 amide bonds. The summed E-state index contributed by atoms with van der Waals surface area (Å²) in [6, 6.07) is 10.6. The molecule has 0 spiro atoms. The van der Waals surface area contributed by atoms with Crippen LogP contribution in [0.25, 0.3) is 5.57 Å². The molecule has 0 saturated heterocycles. The van der Waals surface area contributed by atoms with Gasteiger partial charge in [-0.3, -0.25) is 4.79 Å². The minimum absolute atomic E-state index is 0.143. The molecule has 1 aromatic carbocycles. The quantitative estimate of drug-likeness (QED) is 0.698. The second-order valence-corrected chi connectivity index (χ2v) is 11.2. The van der Waals surface area contributed by atoms with E-state index in [1.165, 1.54) is 5.57 Å². The Labute approximate surface area is 192 Å². The SMILES string of the molecule is CN(C)c1ccccc1C1=C2CC[C@@H]3[C@H](CC[C@@]4(C)[C@H]3CC[C@@]4(O)CC#N)[C@H]2CCC1=O. The molecule has 32 heavy (non-hydrogen) atoms. The Morgan fingerprint density at radius 1 is 1.09 bits per heavy atom. The summed E-state index contributed by atoms with van der Waals surface area (Å²) >= 11 is 0. The monoisotopic (exact) mass is 432 g/mol. The van der Waals surface area contributed by atoms with Gasteiger partial charge >= 0.3 is 0 Å². The highest BCUT2D eigenvalue weighted by atomic mass is 16.3. The summed E-state index contributed by atoms with van der Waals surface area (Å²) in [6.07, 6.45) is 7.90. The van der Waals surface area contributed by atoms with E-state index in [-0.39, 0.29) is 11.8 Å². The van der Waals surface area contributed by atoms with Crippen molar-refractivity contribution in [3.05, 3.63) is 35.4 Å². The number of anilines is 1. The van der Waals surface area contributed by atoms with Gasteiger partial charge in [-0.05, 0) is 74.7 Å². The molecule has 0 unspecified atom stereocenters. The number of fused-ring (bicyclic) bond motifs is 5. The van der Waals surface area contributed by atoms with E-state index in [9.17, 15) is 15.2 Å². The van der Waals surface area contributed by atoms with Gasteiger partial charge in [0.05, 0.1) is 18.1 Å². The standard InChI is InChI=1S/C28H36N2O2/c1-27-14-12-19-18-10-11-25(31)26(22-6-4-5-7-24(22)30(2)3)21(18)9-8-20(19)23(27)13-15-28(27,32)16-17-29/h4-7,18-20,23,32H,8-16H2,1-3H3/t18-,19-,20-,23+,27+,28-/m1/s1. The Morgan fingerprint density at radius 3 is 2.62 bits per heavy atom. The second kappa shape index (κ2) is 7.73. The van der Waals surface area contributed by atoms with Crippen molar-refractivity contribution in [1.29, 1.82) is 5.26 Å². The van der Waals surface area contributed by atoms with E-state index in [2.05, 4.69) is 56.3 Å². The second-order valence-electron chi connectivity index (χ2n) is 11.2. The van der Waals surface area contributed by atoms with Crippen molar-refractivity contribution in [3.8, 4) is 6.07 Å². The molecule has 4 heteroatoms. The van der Waals surface area contributed by atoms with Crippen LogP contribution in [0.3, 0.4) is 0 Å². The first-order valence-electron chi connectivity index (χ1n) is 12.4. The first-order valence-corrected chi connectivity index (χ1v) is 12.4. The van der Waals surface area contributed by atoms with Crippen molar-refractivity contribution in [2.75, 3.05) is 19.0 Å². The molecule has 0 aliphatic heterocycles. The highest BCUT2D eigenvalue weighted by molar-refractivity contribution is 6.23. The average molecular weight is 433 g/mol. The van der Waals surface area contributed by atoms with E-state index in [1.807, 2.05) is 0 Å². The number of para-hydroxylation sites is 1. The molecule has 4 aliphatic carbocycles. The fourth-order valence-corrected chi connectivity index (χ4v) is 8.22. The van der Waals surface area contributed by atoms with Crippen LogP contribution in [-0.2, 0) is 4.79 Å². The molecule has 6 atom stereocenters. The highest BCUT2D eigenvalue weighted by Crippen LogP contribution is 2.66. The van der Waals surface area contributed by atoms with Crippen LogP contribution < -0.4 is 4.90 Å². The van der Waals surface area contributed by atoms with Crippen LogP contribution in [0.4, 0.5) is 5.69 Å². The summed E-state index contributed by atoms with van der Waals surface area (Å²) < 4.78 is 0. The highest BCUT2D eigenvalue weighted by Gasteiger charge is 2.62. The number of nitriles is 1. The Morgan fingerprint density at radius 2 is 1.88 bits per heavy atom. The molecular formula is C28H36N2O2. The average Bonchev–Trinajstić information content (AvgIpc) is 3.04. The van der Waals surface area contributed by atoms with Crippen molar-refractivity contribution >= 4 is 17.0 Å². The van der Waals surface area contributed by atoms with E-state index in [0.717, 1.165) is 61.8 Å². The zero-order valence-corrected chi connectivity index (χ0v) is 19.7. The van der Waals surface area contributed by atoms with Crippen molar-refractivity contribution < 1.29 is 9.90 Å². The van der Waals surface area contributed by atoms with Gasteiger partial charge in [0.15, 0.2) is 5.78 Å². The summed E-state index contributed by atoms with van der Waals surface area (Å²) in [4.78, 5) is 15.4. The van der Waals surface area contributed by atoms with Gasteiger partial charge in [0, 0.05) is 42.8 Å². The molecule has 0 radical (unpaired) electrons. The Balaban J connectivity index is 1.52. The Hall–Kier alpha value is -2.12. The molecule has 3 saturated carbocycles. The lowest BCUT2D eigenvalue weighted by molar-refractivity contribution is -0.119. The van der Waals surface area contributed by atoms with Gasteiger partial charge in [-0.25, -0.2) is 0 Å². The van der Waals surface area contributed by atoms with Crippen LogP contribution in [0.1, 0.15) is 70.3 Å². The van der Waals surface area contributed by atoms with Gasteiger partial charge in [-0.2, -0.15) is 5.26 Å². The van der Waals surface area contributed by atoms with Gasteiger partial charge in [0.1, 0.15) is 0 Å². The topological polar surface area (TPSA) is 64.3 Å². The number of carbonyl (C=O) groups excluding carboxylic acids is 1. The predicted octanol–water partition coefficient (Wildman–Crippen LogP) is 5.37. The molecule has 5 rings (SSSR count). The van der Waals surface area contributed by atoms with Crippen LogP contribution >= 0.6 is 0 Å². The number of hydrogen-bond acceptors (Lipinski definition) is 4. The molecular weight excluding hydrogens is 396 g/mol. The molecule has 3 fully saturated rings. The van der Waals surface area contributed by atoms with Gasteiger partial charge in [-0.15, -0.1) is 0 Å². The summed E-state index contributed by atoms with van der Waals surface area (Å²) in [6.45, 7) is 2.26. The van der Waals surface area contributed by atoms with Gasteiger partial charge < -0.3 is 10.0 Å². The number of allylic oxidation sites excluding steroid dienone is 1. The van der Waals surface area contributed by atoms with Crippen LogP contribution in [0.5, 0.6) is 0 Å². The minimum atomic E-state index is -0.828. The third-order valence-electron chi connectivity index (χ3n) is 9.83. The van der Waals surface area contributed by atoms with E-state index < -0.39 is 5.60 Å². The summed E-state index contributed by atoms with van der Waals surface area (Å²) in [5, 5.41) is 20.8. The van der Waals surface area contributed by atoms with Crippen LogP contribution in [-0.4, -0.2) is 30.6 Å². The fraction of sp³-hybridized carbons (Fsp3) is 0.643. The van der Waals surface area contributed by atoms with Gasteiger partial charge in [-0.1, -0.05) is 30.7 Å². The van der Waals surface area contributed by atoms with E-state index in [0.29, 0.717) is 35.9 Å². The first-order chi connectivity index (χ1) is 15.3. The molecule has 0 bridgehead atoms. The molecule has 4 nitrogen and oxygen atoms in total. The Bertz CT molecular complexity index is 1000. The number of hydrogen-bond donors (Lipinski definition) is 1. The fourth-order valence-electron chi connectivity index (χ4n) is 8.22. The van der Waals surface area contributed by atoms with Crippen LogP contribution in [0, 0.1) is 40.4 Å². The van der Waals surface area contributed by atoms with Gasteiger partial charge in [0.25, 0.3) is 0 Å². The summed E-state index contributed by atoms with van der Waals surface area (Å²) in [5.74, 6) is 2.51. The van der Waals surface area contributed by atoms with Crippen LogP contribution in [0.15, 0.2) is 29.8 Å². The molecule has 0 heterocycles. The number of benzene rings is 1. The number of Topliss-reactive ketones (excluding diaryl/α,β-unsaturated/α-hetero) is 1. The lowest BCUT2D eigenvalue weighted by Gasteiger charge is -2.55. The number of nitrogens with zero attached hydrogens (tertiary/aromatic N) is 2. The van der Waals surface area contributed by atoms with Crippen molar-refractivity contribution in [1.82, 2.24) is 0 Å². The molecule has 1 aromatic rings. The zero-order chi connectivity index (χ0) is 22.7.